The van der Waals surface area contributed by atoms with Crippen LogP contribution in [0, 0.1) is 20.8 Å². The molecule has 0 spiro atoms. The van der Waals surface area contributed by atoms with Gasteiger partial charge >= 0.3 is 0 Å². The molecule has 2 heteroatoms. The molecule has 0 amide bonds. The van der Waals surface area contributed by atoms with E-state index >= 15 is 0 Å². The molecular weight excluding hydrogens is 186 g/mol. The lowest BCUT2D eigenvalue weighted by molar-refractivity contribution is 0.493. The van der Waals surface area contributed by atoms with Crippen LogP contribution in [0.25, 0.3) is 0 Å². The fraction of sp³-hybridized carbons (Fsp3) is 0.538. The summed E-state index contributed by atoms with van der Waals surface area (Å²) in [6.07, 6.45) is 0. The second-order valence-corrected chi connectivity index (χ2v) is 4.09. The molecule has 1 heterocycles. The van der Waals surface area contributed by atoms with Gasteiger partial charge in [-0.15, -0.1) is 0 Å². The molecular formula is C13H21NO. The van der Waals surface area contributed by atoms with Crippen molar-refractivity contribution in [2.45, 2.75) is 40.7 Å². The number of hydrogen-bond acceptors (Lipinski definition) is 2. The zero-order valence-electron chi connectivity index (χ0n) is 10.4. The van der Waals surface area contributed by atoms with Crippen LogP contribution in [0.2, 0.25) is 0 Å². The van der Waals surface area contributed by atoms with Gasteiger partial charge in [0.1, 0.15) is 11.5 Å². The summed E-state index contributed by atoms with van der Waals surface area (Å²) in [6, 6.07) is 0.215. The van der Waals surface area contributed by atoms with Crippen molar-refractivity contribution in [3.8, 4) is 0 Å². The van der Waals surface area contributed by atoms with Crippen LogP contribution < -0.4 is 5.32 Å². The lowest BCUT2D eigenvalue weighted by atomic mass is 9.97. The normalized spacial score (nSPS) is 12.9. The van der Waals surface area contributed by atoms with E-state index in [-0.39, 0.29) is 6.04 Å². The van der Waals surface area contributed by atoms with Gasteiger partial charge in [0.2, 0.25) is 0 Å². The highest BCUT2D eigenvalue weighted by atomic mass is 16.3. The first-order chi connectivity index (χ1) is 6.99. The molecule has 1 N–H and O–H groups in total. The third-order valence-corrected chi connectivity index (χ3v) is 2.81. The first-order valence-electron chi connectivity index (χ1n) is 5.44. The Labute approximate surface area is 92.4 Å². The first-order valence-corrected chi connectivity index (χ1v) is 5.44. The van der Waals surface area contributed by atoms with E-state index < -0.39 is 0 Å². The summed E-state index contributed by atoms with van der Waals surface area (Å²) < 4.78 is 5.64. The third-order valence-electron chi connectivity index (χ3n) is 2.81. The van der Waals surface area contributed by atoms with Crippen LogP contribution in [0.3, 0.4) is 0 Å². The van der Waals surface area contributed by atoms with Gasteiger partial charge in [-0.3, -0.25) is 0 Å². The van der Waals surface area contributed by atoms with E-state index in [0.717, 1.165) is 23.6 Å². The van der Waals surface area contributed by atoms with Crippen LogP contribution in [0.4, 0.5) is 0 Å². The van der Waals surface area contributed by atoms with E-state index in [4.69, 9.17) is 4.42 Å². The van der Waals surface area contributed by atoms with Crippen molar-refractivity contribution in [1.82, 2.24) is 5.32 Å². The molecule has 0 aliphatic heterocycles. The van der Waals surface area contributed by atoms with Crippen molar-refractivity contribution in [2.75, 3.05) is 6.54 Å². The fourth-order valence-electron chi connectivity index (χ4n) is 1.96. The van der Waals surface area contributed by atoms with Crippen molar-refractivity contribution < 1.29 is 4.42 Å². The minimum atomic E-state index is 0.215. The highest BCUT2D eigenvalue weighted by molar-refractivity contribution is 5.38. The summed E-state index contributed by atoms with van der Waals surface area (Å²) in [4.78, 5) is 0. The summed E-state index contributed by atoms with van der Waals surface area (Å²) in [7, 11) is 0. The average Bonchev–Trinajstić information content (AvgIpc) is 2.38. The quantitative estimate of drug-likeness (QED) is 0.765. The van der Waals surface area contributed by atoms with E-state index in [0.29, 0.717) is 0 Å². The van der Waals surface area contributed by atoms with Gasteiger partial charge in [-0.05, 0) is 39.8 Å². The summed E-state index contributed by atoms with van der Waals surface area (Å²) in [6.45, 7) is 15.3. The number of nitrogens with one attached hydrogen (secondary N) is 1. The number of aryl methyl sites for hydroxylation is 2. The van der Waals surface area contributed by atoms with Gasteiger partial charge in [0.15, 0.2) is 0 Å². The molecule has 0 aliphatic carbocycles. The molecule has 1 rings (SSSR count). The van der Waals surface area contributed by atoms with Gasteiger partial charge < -0.3 is 9.73 Å². The highest BCUT2D eigenvalue weighted by Gasteiger charge is 2.20. The van der Waals surface area contributed by atoms with E-state index in [1.54, 1.807) is 0 Å². The van der Waals surface area contributed by atoms with Gasteiger partial charge in [0.25, 0.3) is 0 Å². The van der Waals surface area contributed by atoms with Crippen LogP contribution >= 0.6 is 0 Å². The molecule has 15 heavy (non-hydrogen) atoms. The standard InChI is InChI=1S/C13H21NO/c1-7-14-13(8(2)3)12-9(4)10(5)15-11(12)6/h13-14H,2,7H2,1,3-6H3. The van der Waals surface area contributed by atoms with Crippen LogP contribution in [-0.4, -0.2) is 6.54 Å². The molecule has 1 aromatic heterocycles. The Morgan fingerprint density at radius 2 is 1.93 bits per heavy atom. The average molecular weight is 207 g/mol. The molecule has 0 aliphatic rings. The maximum absolute atomic E-state index is 5.64. The molecule has 2 nitrogen and oxygen atoms in total. The van der Waals surface area contributed by atoms with Gasteiger partial charge in [-0.1, -0.05) is 19.1 Å². The van der Waals surface area contributed by atoms with E-state index in [1.807, 2.05) is 13.8 Å². The van der Waals surface area contributed by atoms with Crippen LogP contribution in [0.1, 0.15) is 42.5 Å². The number of likely N-dealkylation sites (N-methyl/N-ethyl adjacent to an activating group) is 1. The Morgan fingerprint density at radius 3 is 2.27 bits per heavy atom. The van der Waals surface area contributed by atoms with Crippen molar-refractivity contribution in [1.29, 1.82) is 0 Å². The lowest BCUT2D eigenvalue weighted by Crippen LogP contribution is -2.22. The van der Waals surface area contributed by atoms with Crippen LogP contribution in [0.5, 0.6) is 0 Å². The summed E-state index contributed by atoms with van der Waals surface area (Å²) in [5.74, 6) is 2.01. The van der Waals surface area contributed by atoms with Gasteiger partial charge in [-0.25, -0.2) is 0 Å². The van der Waals surface area contributed by atoms with Gasteiger partial charge in [0, 0.05) is 5.56 Å². The SMILES string of the molecule is C=C(C)C(NCC)c1c(C)oc(C)c1C. The third kappa shape index (κ3) is 2.32. The van der Waals surface area contributed by atoms with Gasteiger partial charge in [-0.2, -0.15) is 0 Å². The van der Waals surface area contributed by atoms with E-state index in [9.17, 15) is 0 Å². The first kappa shape index (κ1) is 12.1. The minimum absolute atomic E-state index is 0.215. The van der Waals surface area contributed by atoms with Crippen LogP contribution in [0.15, 0.2) is 16.6 Å². The largest absolute Gasteiger partial charge is 0.466 e. The molecule has 1 atom stereocenters. The molecule has 1 unspecified atom stereocenters. The van der Waals surface area contributed by atoms with Crippen LogP contribution in [-0.2, 0) is 0 Å². The maximum atomic E-state index is 5.64. The predicted octanol–water partition coefficient (Wildman–Crippen LogP) is 3.43. The lowest BCUT2D eigenvalue weighted by Gasteiger charge is -2.18. The Kier molecular flexibility index (Phi) is 3.75. The summed E-state index contributed by atoms with van der Waals surface area (Å²) in [5, 5.41) is 3.43. The predicted molar refractivity (Wildman–Crippen MR) is 64.2 cm³/mol. The Bertz CT molecular complexity index is 363. The fourth-order valence-corrected chi connectivity index (χ4v) is 1.96. The smallest absolute Gasteiger partial charge is 0.106 e. The van der Waals surface area contributed by atoms with E-state index in [1.165, 1.54) is 11.1 Å². The molecule has 0 aromatic carbocycles. The zero-order chi connectivity index (χ0) is 11.6. The Balaban J connectivity index is 3.15. The second-order valence-electron chi connectivity index (χ2n) is 4.09. The molecule has 0 saturated carbocycles. The van der Waals surface area contributed by atoms with Crippen molar-refractivity contribution in [3.05, 3.63) is 34.8 Å². The topological polar surface area (TPSA) is 25.2 Å². The summed E-state index contributed by atoms with van der Waals surface area (Å²) in [5.41, 5.74) is 3.62. The second kappa shape index (κ2) is 4.67. The Hall–Kier alpha value is -1.02. The maximum Gasteiger partial charge on any atom is 0.106 e. The molecule has 0 radical (unpaired) electrons. The molecule has 0 fully saturated rings. The number of hydrogen-bond donors (Lipinski definition) is 1. The zero-order valence-corrected chi connectivity index (χ0v) is 10.4. The van der Waals surface area contributed by atoms with Crippen molar-refractivity contribution in [3.63, 3.8) is 0 Å². The molecule has 0 saturated heterocycles. The number of rotatable bonds is 4. The molecule has 84 valence electrons. The number of furan rings is 1. The highest BCUT2D eigenvalue weighted by Crippen LogP contribution is 2.30. The minimum Gasteiger partial charge on any atom is -0.466 e. The molecule has 0 bridgehead atoms. The monoisotopic (exact) mass is 207 g/mol. The van der Waals surface area contributed by atoms with Crippen molar-refractivity contribution in [2.24, 2.45) is 0 Å². The molecule has 1 aromatic rings. The van der Waals surface area contributed by atoms with E-state index in [2.05, 4.69) is 32.7 Å². The van der Waals surface area contributed by atoms with Gasteiger partial charge in [0.05, 0.1) is 6.04 Å². The Morgan fingerprint density at radius 1 is 1.33 bits per heavy atom. The summed E-state index contributed by atoms with van der Waals surface area (Å²) >= 11 is 0. The van der Waals surface area contributed by atoms with Crippen molar-refractivity contribution >= 4 is 0 Å².